The average molecular weight is 292 g/mol. The SMILES string of the molecule is CN(C)CCOc1ccc(NC(=O)C2(O)CCCC2)cc1. The fraction of sp³-hybridized carbons (Fsp3) is 0.562. The molecule has 0 saturated heterocycles. The first kappa shape index (κ1) is 15.8. The summed E-state index contributed by atoms with van der Waals surface area (Å²) in [6.45, 7) is 1.48. The highest BCUT2D eigenvalue weighted by Gasteiger charge is 2.38. The first-order valence-corrected chi connectivity index (χ1v) is 7.41. The maximum absolute atomic E-state index is 12.1. The summed E-state index contributed by atoms with van der Waals surface area (Å²) in [5, 5.41) is 13.0. The van der Waals surface area contributed by atoms with Crippen LogP contribution in [0.15, 0.2) is 24.3 Å². The predicted octanol–water partition coefficient (Wildman–Crippen LogP) is 1.87. The van der Waals surface area contributed by atoms with E-state index >= 15 is 0 Å². The minimum atomic E-state index is -1.19. The van der Waals surface area contributed by atoms with E-state index in [0.717, 1.165) is 25.1 Å². The number of carbonyl (C=O) groups excluding carboxylic acids is 1. The van der Waals surface area contributed by atoms with Gasteiger partial charge in [-0.2, -0.15) is 0 Å². The van der Waals surface area contributed by atoms with Gasteiger partial charge in [0.2, 0.25) is 0 Å². The summed E-state index contributed by atoms with van der Waals surface area (Å²) in [5.74, 6) is 0.468. The molecule has 2 rings (SSSR count). The van der Waals surface area contributed by atoms with Crippen molar-refractivity contribution in [3.63, 3.8) is 0 Å². The molecule has 1 aromatic carbocycles. The van der Waals surface area contributed by atoms with E-state index in [1.165, 1.54) is 0 Å². The van der Waals surface area contributed by atoms with E-state index in [1.807, 2.05) is 26.2 Å². The maximum atomic E-state index is 12.1. The number of hydrogen-bond donors (Lipinski definition) is 2. The van der Waals surface area contributed by atoms with Crippen molar-refractivity contribution >= 4 is 11.6 Å². The van der Waals surface area contributed by atoms with Crippen molar-refractivity contribution in [3.8, 4) is 5.75 Å². The van der Waals surface area contributed by atoms with Crippen LogP contribution in [0, 0.1) is 0 Å². The molecule has 0 heterocycles. The number of likely N-dealkylation sites (N-methyl/N-ethyl adjacent to an activating group) is 1. The van der Waals surface area contributed by atoms with Crippen molar-refractivity contribution in [2.45, 2.75) is 31.3 Å². The largest absolute Gasteiger partial charge is 0.492 e. The summed E-state index contributed by atoms with van der Waals surface area (Å²) in [7, 11) is 3.99. The van der Waals surface area contributed by atoms with Crippen molar-refractivity contribution < 1.29 is 14.6 Å². The molecule has 1 aliphatic rings. The van der Waals surface area contributed by atoms with E-state index in [-0.39, 0.29) is 5.91 Å². The molecule has 1 fully saturated rings. The molecule has 0 radical (unpaired) electrons. The van der Waals surface area contributed by atoms with Crippen LogP contribution in [0.1, 0.15) is 25.7 Å². The molecule has 0 unspecified atom stereocenters. The molecule has 2 N–H and O–H groups in total. The lowest BCUT2D eigenvalue weighted by molar-refractivity contribution is -0.133. The first-order valence-electron chi connectivity index (χ1n) is 7.41. The van der Waals surface area contributed by atoms with Crippen molar-refractivity contribution in [2.24, 2.45) is 0 Å². The Morgan fingerprint density at radius 2 is 1.90 bits per heavy atom. The van der Waals surface area contributed by atoms with Crippen LogP contribution in [-0.2, 0) is 4.79 Å². The number of hydrogen-bond acceptors (Lipinski definition) is 4. The Kier molecular flexibility index (Phi) is 5.20. The van der Waals surface area contributed by atoms with Crippen LogP contribution in [0.3, 0.4) is 0 Å². The summed E-state index contributed by atoms with van der Waals surface area (Å²) in [6.07, 6.45) is 2.90. The van der Waals surface area contributed by atoms with Gasteiger partial charge in [0, 0.05) is 12.2 Å². The van der Waals surface area contributed by atoms with Crippen LogP contribution in [0.25, 0.3) is 0 Å². The number of nitrogens with zero attached hydrogens (tertiary/aromatic N) is 1. The number of nitrogens with one attached hydrogen (secondary N) is 1. The number of ether oxygens (including phenoxy) is 1. The van der Waals surface area contributed by atoms with E-state index in [9.17, 15) is 9.90 Å². The van der Waals surface area contributed by atoms with Crippen molar-refractivity contribution in [2.75, 3.05) is 32.6 Å². The Morgan fingerprint density at radius 1 is 1.29 bits per heavy atom. The van der Waals surface area contributed by atoms with Crippen LogP contribution < -0.4 is 10.1 Å². The zero-order chi connectivity index (χ0) is 15.3. The number of aliphatic hydroxyl groups is 1. The van der Waals surface area contributed by atoms with Crippen LogP contribution >= 0.6 is 0 Å². The Balaban J connectivity index is 1.86. The van der Waals surface area contributed by atoms with Gasteiger partial charge < -0.3 is 20.1 Å². The van der Waals surface area contributed by atoms with Crippen LogP contribution in [0.2, 0.25) is 0 Å². The predicted molar refractivity (Wildman–Crippen MR) is 82.5 cm³/mol. The molecule has 5 heteroatoms. The normalized spacial score (nSPS) is 17.0. The van der Waals surface area contributed by atoms with Crippen molar-refractivity contribution in [3.05, 3.63) is 24.3 Å². The van der Waals surface area contributed by atoms with E-state index in [0.29, 0.717) is 25.1 Å². The van der Waals surface area contributed by atoms with E-state index < -0.39 is 5.60 Å². The molecular weight excluding hydrogens is 268 g/mol. The number of carbonyl (C=O) groups is 1. The zero-order valence-corrected chi connectivity index (χ0v) is 12.8. The summed E-state index contributed by atoms with van der Waals surface area (Å²) in [5.41, 5.74) is -0.513. The third kappa shape index (κ3) is 4.44. The van der Waals surface area contributed by atoms with Gasteiger partial charge in [-0.1, -0.05) is 0 Å². The number of anilines is 1. The molecule has 116 valence electrons. The summed E-state index contributed by atoms with van der Waals surface area (Å²) in [6, 6.07) is 7.23. The number of rotatable bonds is 6. The second-order valence-electron chi connectivity index (χ2n) is 5.87. The van der Waals surface area contributed by atoms with Crippen molar-refractivity contribution in [1.29, 1.82) is 0 Å². The minimum absolute atomic E-state index is 0.304. The summed E-state index contributed by atoms with van der Waals surface area (Å²) in [4.78, 5) is 14.1. The lowest BCUT2D eigenvalue weighted by atomic mass is 10.0. The number of amides is 1. The highest BCUT2D eigenvalue weighted by Crippen LogP contribution is 2.30. The lowest BCUT2D eigenvalue weighted by Crippen LogP contribution is -2.40. The first-order chi connectivity index (χ1) is 9.99. The Morgan fingerprint density at radius 3 is 2.48 bits per heavy atom. The molecule has 1 saturated carbocycles. The second-order valence-corrected chi connectivity index (χ2v) is 5.87. The minimum Gasteiger partial charge on any atom is -0.492 e. The van der Waals surface area contributed by atoms with Gasteiger partial charge >= 0.3 is 0 Å². The van der Waals surface area contributed by atoms with Gasteiger partial charge in [0.05, 0.1) is 0 Å². The number of benzene rings is 1. The molecule has 1 aliphatic carbocycles. The topological polar surface area (TPSA) is 61.8 Å². The quantitative estimate of drug-likeness (QED) is 0.840. The molecular formula is C16H24N2O3. The smallest absolute Gasteiger partial charge is 0.256 e. The third-order valence-corrected chi connectivity index (χ3v) is 3.77. The fourth-order valence-electron chi connectivity index (χ4n) is 2.41. The summed E-state index contributed by atoms with van der Waals surface area (Å²) < 4.78 is 5.59. The standard InChI is InChI=1S/C16H24N2O3/c1-18(2)11-12-21-14-7-5-13(6-8-14)17-15(19)16(20)9-3-4-10-16/h5-8,20H,3-4,9-12H2,1-2H3,(H,17,19). The van der Waals surface area contributed by atoms with E-state index in [1.54, 1.807) is 12.1 Å². The molecule has 1 aromatic rings. The molecule has 21 heavy (non-hydrogen) atoms. The molecule has 0 spiro atoms. The Hall–Kier alpha value is -1.59. The lowest BCUT2D eigenvalue weighted by Gasteiger charge is -2.21. The van der Waals surface area contributed by atoms with Crippen LogP contribution in [0.5, 0.6) is 5.75 Å². The average Bonchev–Trinajstić information content (AvgIpc) is 2.89. The van der Waals surface area contributed by atoms with Gasteiger partial charge in [-0.3, -0.25) is 4.79 Å². The van der Waals surface area contributed by atoms with E-state index in [2.05, 4.69) is 10.2 Å². The maximum Gasteiger partial charge on any atom is 0.256 e. The molecule has 0 bridgehead atoms. The van der Waals surface area contributed by atoms with Gasteiger partial charge in [-0.15, -0.1) is 0 Å². The molecule has 0 atom stereocenters. The Bertz CT molecular complexity index is 465. The zero-order valence-electron chi connectivity index (χ0n) is 12.8. The fourth-order valence-corrected chi connectivity index (χ4v) is 2.41. The van der Waals surface area contributed by atoms with Crippen LogP contribution in [-0.4, -0.2) is 48.8 Å². The third-order valence-electron chi connectivity index (χ3n) is 3.77. The molecule has 0 aromatic heterocycles. The Labute approximate surface area is 125 Å². The van der Waals surface area contributed by atoms with Gasteiger partial charge in [0.1, 0.15) is 18.0 Å². The monoisotopic (exact) mass is 292 g/mol. The van der Waals surface area contributed by atoms with Gasteiger partial charge in [0.15, 0.2) is 0 Å². The highest BCUT2D eigenvalue weighted by molar-refractivity contribution is 5.97. The van der Waals surface area contributed by atoms with Gasteiger partial charge in [0.25, 0.3) is 5.91 Å². The highest BCUT2D eigenvalue weighted by atomic mass is 16.5. The van der Waals surface area contributed by atoms with E-state index in [4.69, 9.17) is 4.74 Å². The molecule has 0 aliphatic heterocycles. The van der Waals surface area contributed by atoms with Crippen molar-refractivity contribution in [1.82, 2.24) is 4.90 Å². The van der Waals surface area contributed by atoms with Gasteiger partial charge in [-0.25, -0.2) is 0 Å². The second kappa shape index (κ2) is 6.91. The molecule has 1 amide bonds. The van der Waals surface area contributed by atoms with Gasteiger partial charge in [-0.05, 0) is 64.0 Å². The summed E-state index contributed by atoms with van der Waals surface area (Å²) >= 11 is 0. The van der Waals surface area contributed by atoms with Crippen LogP contribution in [0.4, 0.5) is 5.69 Å². The molecule has 5 nitrogen and oxygen atoms in total.